The number of nitrogens with one attached hydrogen (secondary N) is 3. The third-order valence-electron chi connectivity index (χ3n) is 3.31. The Morgan fingerprint density at radius 3 is 2.22 bits per heavy atom. The molecule has 0 aromatic heterocycles. The first-order valence-electron chi connectivity index (χ1n) is 6.90. The van der Waals surface area contributed by atoms with Crippen LogP contribution in [0.15, 0.2) is 0 Å². The summed E-state index contributed by atoms with van der Waals surface area (Å²) in [5.74, 6) is 0.640. The Bertz CT molecular complexity index is 263. The van der Waals surface area contributed by atoms with Crippen molar-refractivity contribution >= 4 is 11.8 Å². The van der Waals surface area contributed by atoms with E-state index in [-0.39, 0.29) is 11.8 Å². The maximum Gasteiger partial charge on any atom is 0.234 e. The van der Waals surface area contributed by atoms with Gasteiger partial charge >= 0.3 is 0 Å². The number of amides is 2. The van der Waals surface area contributed by atoms with Crippen molar-refractivity contribution in [1.29, 1.82) is 0 Å². The summed E-state index contributed by atoms with van der Waals surface area (Å²) in [5.41, 5.74) is 0. The fourth-order valence-corrected chi connectivity index (χ4v) is 2.35. The van der Waals surface area contributed by atoms with Gasteiger partial charge in [-0.15, -0.1) is 0 Å². The number of likely N-dealkylation sites (N-methyl/N-ethyl adjacent to an activating group) is 1. The van der Waals surface area contributed by atoms with Gasteiger partial charge < -0.3 is 16.0 Å². The van der Waals surface area contributed by atoms with Gasteiger partial charge in [0.2, 0.25) is 11.8 Å². The molecule has 104 valence electrons. The summed E-state index contributed by atoms with van der Waals surface area (Å²) in [4.78, 5) is 22.8. The lowest BCUT2D eigenvalue weighted by molar-refractivity contribution is -0.123. The van der Waals surface area contributed by atoms with E-state index in [9.17, 15) is 9.59 Å². The van der Waals surface area contributed by atoms with Gasteiger partial charge in [-0.2, -0.15) is 0 Å². The van der Waals surface area contributed by atoms with Crippen LogP contribution >= 0.6 is 0 Å². The number of hydrogen-bond acceptors (Lipinski definition) is 3. The van der Waals surface area contributed by atoms with Gasteiger partial charge in [-0.25, -0.2) is 0 Å². The molecule has 0 aromatic rings. The monoisotopic (exact) mass is 255 g/mol. The molecule has 0 saturated heterocycles. The maximum atomic E-state index is 11.6. The van der Waals surface area contributed by atoms with Crippen molar-refractivity contribution in [2.45, 2.75) is 38.5 Å². The van der Waals surface area contributed by atoms with Crippen LogP contribution in [0.5, 0.6) is 0 Å². The average molecular weight is 255 g/mol. The van der Waals surface area contributed by atoms with Crippen molar-refractivity contribution < 1.29 is 9.59 Å². The van der Waals surface area contributed by atoms with Crippen molar-refractivity contribution in [2.75, 3.05) is 26.7 Å². The van der Waals surface area contributed by atoms with E-state index in [4.69, 9.17) is 0 Å². The zero-order valence-corrected chi connectivity index (χ0v) is 11.3. The van der Waals surface area contributed by atoms with E-state index in [2.05, 4.69) is 16.0 Å². The second-order valence-electron chi connectivity index (χ2n) is 4.94. The topological polar surface area (TPSA) is 70.2 Å². The lowest BCUT2D eigenvalue weighted by Gasteiger charge is -2.20. The second kappa shape index (κ2) is 8.91. The first kappa shape index (κ1) is 15.0. The molecule has 0 aromatic carbocycles. The summed E-state index contributed by atoms with van der Waals surface area (Å²) >= 11 is 0. The minimum absolute atomic E-state index is 0.0426. The highest BCUT2D eigenvalue weighted by atomic mass is 16.2. The highest BCUT2D eigenvalue weighted by Crippen LogP contribution is 2.25. The fourth-order valence-electron chi connectivity index (χ4n) is 2.35. The largest absolute Gasteiger partial charge is 0.354 e. The standard InChI is InChI=1S/C13H25N3O2/c1-14-10-13(18)16-8-7-15-12(17)9-11-5-3-2-4-6-11/h11,14H,2-10H2,1H3,(H,15,17)(H,16,18). The number of hydrogen-bond donors (Lipinski definition) is 3. The highest BCUT2D eigenvalue weighted by Gasteiger charge is 2.16. The lowest BCUT2D eigenvalue weighted by atomic mass is 9.87. The van der Waals surface area contributed by atoms with Gasteiger partial charge in [-0.3, -0.25) is 9.59 Å². The van der Waals surface area contributed by atoms with E-state index >= 15 is 0 Å². The van der Waals surface area contributed by atoms with E-state index in [1.165, 1.54) is 32.1 Å². The summed E-state index contributed by atoms with van der Waals surface area (Å²) in [6.07, 6.45) is 6.86. The summed E-state index contributed by atoms with van der Waals surface area (Å²) in [7, 11) is 1.73. The first-order valence-corrected chi connectivity index (χ1v) is 6.90. The minimum Gasteiger partial charge on any atom is -0.354 e. The van der Waals surface area contributed by atoms with Gasteiger partial charge in [-0.05, 0) is 25.8 Å². The van der Waals surface area contributed by atoms with Crippen LogP contribution in [0.25, 0.3) is 0 Å². The Morgan fingerprint density at radius 2 is 1.61 bits per heavy atom. The van der Waals surface area contributed by atoms with Crippen molar-refractivity contribution in [3.63, 3.8) is 0 Å². The van der Waals surface area contributed by atoms with Gasteiger partial charge in [0.25, 0.3) is 0 Å². The molecule has 0 atom stereocenters. The van der Waals surface area contributed by atoms with Crippen LogP contribution in [-0.4, -0.2) is 38.5 Å². The van der Waals surface area contributed by atoms with Crippen LogP contribution in [0.4, 0.5) is 0 Å². The second-order valence-corrected chi connectivity index (χ2v) is 4.94. The number of carbonyl (C=O) groups is 2. The molecule has 0 aliphatic heterocycles. The Balaban J connectivity index is 2.01. The molecule has 2 amide bonds. The molecule has 1 fully saturated rings. The third kappa shape index (κ3) is 6.59. The molecular weight excluding hydrogens is 230 g/mol. The number of carbonyl (C=O) groups excluding carboxylic acids is 2. The van der Waals surface area contributed by atoms with Crippen LogP contribution in [0.1, 0.15) is 38.5 Å². The van der Waals surface area contributed by atoms with E-state index < -0.39 is 0 Å². The molecule has 18 heavy (non-hydrogen) atoms. The molecule has 0 radical (unpaired) electrons. The van der Waals surface area contributed by atoms with Gasteiger partial charge in [0.05, 0.1) is 6.54 Å². The SMILES string of the molecule is CNCC(=O)NCCNC(=O)CC1CCCCC1. The predicted octanol–water partition coefficient (Wildman–Crippen LogP) is 0.409. The van der Waals surface area contributed by atoms with Gasteiger partial charge in [0.15, 0.2) is 0 Å². The van der Waals surface area contributed by atoms with E-state index in [1.807, 2.05) is 0 Å². The molecule has 1 saturated carbocycles. The summed E-state index contributed by atoms with van der Waals surface area (Å²) in [5, 5.41) is 8.35. The highest BCUT2D eigenvalue weighted by molar-refractivity contribution is 5.78. The normalized spacial score (nSPS) is 16.3. The van der Waals surface area contributed by atoms with E-state index in [0.29, 0.717) is 32.0 Å². The van der Waals surface area contributed by atoms with Crippen molar-refractivity contribution in [3.05, 3.63) is 0 Å². The van der Waals surface area contributed by atoms with Crippen molar-refractivity contribution in [1.82, 2.24) is 16.0 Å². The molecule has 0 spiro atoms. The van der Waals surface area contributed by atoms with E-state index in [1.54, 1.807) is 7.05 Å². The lowest BCUT2D eigenvalue weighted by Crippen LogP contribution is -2.38. The Labute approximate surface area is 109 Å². The Hall–Kier alpha value is -1.10. The quantitative estimate of drug-likeness (QED) is 0.577. The zero-order chi connectivity index (χ0) is 13.2. The first-order chi connectivity index (χ1) is 8.72. The van der Waals surface area contributed by atoms with E-state index in [0.717, 1.165) is 0 Å². The zero-order valence-electron chi connectivity index (χ0n) is 11.3. The van der Waals surface area contributed by atoms with Crippen LogP contribution in [0.3, 0.4) is 0 Å². The maximum absolute atomic E-state index is 11.6. The minimum atomic E-state index is -0.0426. The molecule has 0 heterocycles. The van der Waals surface area contributed by atoms with Crippen molar-refractivity contribution in [2.24, 2.45) is 5.92 Å². The van der Waals surface area contributed by atoms with Crippen LogP contribution in [-0.2, 0) is 9.59 Å². The summed E-state index contributed by atoms with van der Waals surface area (Å²) in [6, 6.07) is 0. The van der Waals surface area contributed by atoms with Gasteiger partial charge in [0.1, 0.15) is 0 Å². The third-order valence-corrected chi connectivity index (χ3v) is 3.31. The molecule has 5 nitrogen and oxygen atoms in total. The average Bonchev–Trinajstić information content (AvgIpc) is 2.36. The molecule has 1 rings (SSSR count). The molecular formula is C13H25N3O2. The predicted molar refractivity (Wildman–Crippen MR) is 71.1 cm³/mol. The van der Waals surface area contributed by atoms with Crippen molar-refractivity contribution in [3.8, 4) is 0 Å². The Kier molecular flexibility index (Phi) is 7.41. The molecule has 1 aliphatic carbocycles. The molecule has 0 unspecified atom stereocenters. The Morgan fingerprint density at radius 1 is 1.00 bits per heavy atom. The molecule has 0 bridgehead atoms. The van der Waals surface area contributed by atoms with Crippen LogP contribution in [0, 0.1) is 5.92 Å². The summed E-state index contributed by atoms with van der Waals surface area (Å²) in [6.45, 7) is 1.33. The smallest absolute Gasteiger partial charge is 0.234 e. The fraction of sp³-hybridized carbons (Fsp3) is 0.846. The van der Waals surface area contributed by atoms with Gasteiger partial charge in [-0.1, -0.05) is 19.3 Å². The van der Waals surface area contributed by atoms with Crippen LogP contribution in [0.2, 0.25) is 0 Å². The number of rotatable bonds is 7. The molecule has 5 heteroatoms. The molecule has 3 N–H and O–H groups in total. The molecule has 1 aliphatic rings. The van der Waals surface area contributed by atoms with Gasteiger partial charge in [0, 0.05) is 19.5 Å². The summed E-state index contributed by atoms with van der Waals surface area (Å²) < 4.78 is 0. The van der Waals surface area contributed by atoms with Crippen LogP contribution < -0.4 is 16.0 Å².